The van der Waals surface area contributed by atoms with Gasteiger partial charge < -0.3 is 14.4 Å². The maximum Gasteiger partial charge on any atom is 0.273 e. The second-order valence-electron chi connectivity index (χ2n) is 8.03. The highest BCUT2D eigenvalue weighted by Crippen LogP contribution is 2.36. The fourth-order valence-corrected chi connectivity index (χ4v) is 4.79. The van der Waals surface area contributed by atoms with Gasteiger partial charge in [0.2, 0.25) is 6.10 Å². The number of rotatable bonds is 5. The van der Waals surface area contributed by atoms with E-state index < -0.39 is 12.2 Å². The van der Waals surface area contributed by atoms with Crippen LogP contribution in [-0.4, -0.2) is 55.2 Å². The van der Waals surface area contributed by atoms with Crippen LogP contribution < -0.4 is 14.4 Å². The Bertz CT molecular complexity index is 1090. The zero-order valence-corrected chi connectivity index (χ0v) is 20.0. The molecule has 4 rings (SSSR count). The summed E-state index contributed by atoms with van der Waals surface area (Å²) in [6, 6.07) is 11.7. The molecule has 3 aromatic rings. The van der Waals surface area contributed by atoms with Gasteiger partial charge in [0, 0.05) is 13.1 Å². The van der Waals surface area contributed by atoms with E-state index in [1.54, 1.807) is 16.2 Å². The molecule has 0 fully saturated rings. The zero-order chi connectivity index (χ0) is 21.4. The minimum Gasteiger partial charge on any atom is -0.482 e. The summed E-state index contributed by atoms with van der Waals surface area (Å²) in [5.41, 5.74) is 3.25. The summed E-state index contributed by atoms with van der Waals surface area (Å²) in [5, 5.41) is 0.695. The molecule has 0 aliphatic carbocycles. The number of benzene rings is 2. The third-order valence-electron chi connectivity index (χ3n) is 5.17. The molecular weight excluding hydrogens is 434 g/mol. The van der Waals surface area contributed by atoms with Gasteiger partial charge in [0.25, 0.3) is 5.91 Å². The first-order chi connectivity index (χ1) is 14.3. The van der Waals surface area contributed by atoms with Gasteiger partial charge in [-0.3, -0.25) is 9.69 Å². The molecule has 1 amide bonds. The zero-order valence-electron chi connectivity index (χ0n) is 18.4. The molecule has 0 N–H and O–H groups in total. The van der Waals surface area contributed by atoms with Crippen LogP contribution in [0.15, 0.2) is 36.4 Å². The van der Waals surface area contributed by atoms with Crippen molar-refractivity contribution in [1.82, 2.24) is 9.88 Å². The van der Waals surface area contributed by atoms with Crippen LogP contribution in [0.5, 0.6) is 11.5 Å². The smallest absolute Gasteiger partial charge is 0.273 e. The van der Waals surface area contributed by atoms with Crippen molar-refractivity contribution in [2.45, 2.75) is 33.0 Å². The molecule has 1 aromatic heterocycles. The lowest BCUT2D eigenvalue weighted by atomic mass is 10.1. The fraction of sp³-hybridized carbons (Fsp3) is 0.391. The van der Waals surface area contributed by atoms with Crippen LogP contribution in [0.25, 0.3) is 10.2 Å². The number of carbonyl (C=O) groups excluding carboxylic acids is 1. The Morgan fingerprint density at radius 3 is 2.45 bits per heavy atom. The first-order valence-corrected chi connectivity index (χ1v) is 10.9. The minimum atomic E-state index is -0.725. The average Bonchev–Trinajstić information content (AvgIpc) is 3.11. The van der Waals surface area contributed by atoms with Crippen molar-refractivity contribution in [3.63, 3.8) is 0 Å². The number of anilines is 1. The second kappa shape index (κ2) is 9.42. The van der Waals surface area contributed by atoms with E-state index in [1.807, 2.05) is 45.3 Å². The van der Waals surface area contributed by atoms with Crippen molar-refractivity contribution in [3.8, 4) is 11.5 Å². The van der Waals surface area contributed by atoms with E-state index in [1.165, 1.54) is 5.56 Å². The molecule has 2 atom stereocenters. The molecule has 0 saturated heterocycles. The van der Waals surface area contributed by atoms with Gasteiger partial charge in [-0.25, -0.2) is 4.98 Å². The number of hydrogen-bond donors (Lipinski definition) is 0. The number of ether oxygens (including phenoxy) is 2. The summed E-state index contributed by atoms with van der Waals surface area (Å²) in [7, 11) is 3.99. The normalized spacial score (nSPS) is 17.5. The molecule has 2 heterocycles. The van der Waals surface area contributed by atoms with Gasteiger partial charge in [0.1, 0.15) is 6.10 Å². The summed E-state index contributed by atoms with van der Waals surface area (Å²) in [6.07, 6.45) is -1.12. The lowest BCUT2D eigenvalue weighted by Gasteiger charge is -2.34. The highest BCUT2D eigenvalue weighted by molar-refractivity contribution is 7.22. The Balaban J connectivity index is 0.00000272. The number of likely N-dealkylation sites (N-methyl/N-ethyl adjacent to an activating group) is 1. The van der Waals surface area contributed by atoms with Crippen LogP contribution in [0, 0.1) is 13.8 Å². The Morgan fingerprint density at radius 2 is 1.77 bits per heavy atom. The SMILES string of the molecule is Cc1cc(C)c2nc(N(CCN(C)C)C(=O)C3Oc4ccccc4OC3C)sc2c1.Cl. The molecule has 0 saturated carbocycles. The van der Waals surface area contributed by atoms with E-state index in [2.05, 4.69) is 30.9 Å². The van der Waals surface area contributed by atoms with Crippen molar-refractivity contribution >= 4 is 45.0 Å². The highest BCUT2D eigenvalue weighted by atomic mass is 35.5. The molecular formula is C23H28ClN3O3S. The van der Waals surface area contributed by atoms with Crippen LogP contribution in [0.1, 0.15) is 18.1 Å². The Kier molecular flexibility index (Phi) is 7.09. The molecule has 2 unspecified atom stereocenters. The molecule has 0 bridgehead atoms. The summed E-state index contributed by atoms with van der Waals surface area (Å²) in [6.45, 7) is 7.25. The van der Waals surface area contributed by atoms with Gasteiger partial charge >= 0.3 is 0 Å². The number of aryl methyl sites for hydroxylation is 2. The fourth-order valence-electron chi connectivity index (χ4n) is 3.62. The quantitative estimate of drug-likeness (QED) is 0.561. The average molecular weight is 462 g/mol. The first kappa shape index (κ1) is 23.3. The highest BCUT2D eigenvalue weighted by Gasteiger charge is 2.38. The summed E-state index contributed by atoms with van der Waals surface area (Å²) < 4.78 is 13.1. The summed E-state index contributed by atoms with van der Waals surface area (Å²) in [4.78, 5) is 22.3. The van der Waals surface area contributed by atoms with Gasteiger partial charge in [0.15, 0.2) is 16.6 Å². The number of amides is 1. The van der Waals surface area contributed by atoms with Crippen LogP contribution >= 0.6 is 23.7 Å². The molecule has 6 nitrogen and oxygen atoms in total. The van der Waals surface area contributed by atoms with E-state index >= 15 is 0 Å². The Morgan fingerprint density at radius 1 is 1.10 bits per heavy atom. The van der Waals surface area contributed by atoms with Crippen LogP contribution in [0.2, 0.25) is 0 Å². The molecule has 1 aliphatic heterocycles. The number of nitrogens with zero attached hydrogens (tertiary/aromatic N) is 3. The first-order valence-electron chi connectivity index (χ1n) is 10.1. The minimum absolute atomic E-state index is 0. The number of aromatic nitrogens is 1. The molecule has 166 valence electrons. The van der Waals surface area contributed by atoms with E-state index in [-0.39, 0.29) is 18.3 Å². The second-order valence-corrected chi connectivity index (χ2v) is 9.04. The Hall–Kier alpha value is -2.35. The lowest BCUT2D eigenvalue weighted by Crippen LogP contribution is -2.52. The molecule has 0 spiro atoms. The predicted molar refractivity (Wildman–Crippen MR) is 128 cm³/mol. The molecule has 2 aromatic carbocycles. The summed E-state index contributed by atoms with van der Waals surface area (Å²) >= 11 is 1.54. The molecule has 8 heteroatoms. The van der Waals surface area contributed by atoms with E-state index in [9.17, 15) is 4.79 Å². The van der Waals surface area contributed by atoms with Crippen molar-refractivity contribution in [1.29, 1.82) is 0 Å². The van der Waals surface area contributed by atoms with Crippen molar-refractivity contribution in [2.24, 2.45) is 0 Å². The monoisotopic (exact) mass is 461 g/mol. The number of halogens is 1. The van der Waals surface area contributed by atoms with Crippen LogP contribution in [0.3, 0.4) is 0 Å². The molecule has 0 radical (unpaired) electrons. The van der Waals surface area contributed by atoms with Crippen molar-refractivity contribution < 1.29 is 14.3 Å². The number of hydrogen-bond acceptors (Lipinski definition) is 6. The number of fused-ring (bicyclic) bond motifs is 2. The number of thiazole rings is 1. The number of carbonyl (C=O) groups is 1. The van der Waals surface area contributed by atoms with Crippen LogP contribution in [-0.2, 0) is 4.79 Å². The molecule has 1 aliphatic rings. The maximum absolute atomic E-state index is 13.6. The maximum atomic E-state index is 13.6. The van der Waals surface area contributed by atoms with Crippen molar-refractivity contribution in [2.75, 3.05) is 32.1 Å². The van der Waals surface area contributed by atoms with Gasteiger partial charge in [-0.1, -0.05) is 29.5 Å². The van der Waals surface area contributed by atoms with Gasteiger partial charge in [-0.2, -0.15) is 0 Å². The summed E-state index contributed by atoms with van der Waals surface area (Å²) in [5.74, 6) is 1.13. The third kappa shape index (κ3) is 4.79. The van der Waals surface area contributed by atoms with E-state index in [4.69, 9.17) is 14.5 Å². The van der Waals surface area contributed by atoms with Gasteiger partial charge in [-0.15, -0.1) is 12.4 Å². The standard InChI is InChI=1S/C23H27N3O3S.ClH/c1-14-12-15(2)20-19(13-14)30-23(24-20)26(11-10-25(4)5)22(27)21-16(3)28-17-8-6-7-9-18(17)29-21;/h6-9,12-13,16,21H,10-11H2,1-5H3;1H. The van der Waals surface area contributed by atoms with Crippen molar-refractivity contribution in [3.05, 3.63) is 47.5 Å². The third-order valence-corrected chi connectivity index (χ3v) is 6.20. The topological polar surface area (TPSA) is 54.9 Å². The van der Waals surface area contributed by atoms with E-state index in [0.717, 1.165) is 22.3 Å². The predicted octanol–water partition coefficient (Wildman–Crippen LogP) is 4.46. The number of para-hydroxylation sites is 2. The molecule has 31 heavy (non-hydrogen) atoms. The Labute approximate surface area is 193 Å². The van der Waals surface area contributed by atoms with Gasteiger partial charge in [0.05, 0.1) is 10.2 Å². The largest absolute Gasteiger partial charge is 0.482 e. The van der Waals surface area contributed by atoms with E-state index in [0.29, 0.717) is 23.2 Å². The lowest BCUT2D eigenvalue weighted by molar-refractivity contribution is -0.130. The van der Waals surface area contributed by atoms with Gasteiger partial charge in [-0.05, 0) is 64.2 Å². The van der Waals surface area contributed by atoms with Crippen LogP contribution in [0.4, 0.5) is 5.13 Å².